The third-order valence-corrected chi connectivity index (χ3v) is 3.86. The van der Waals surface area contributed by atoms with Gasteiger partial charge in [0.1, 0.15) is 0 Å². The SMILES string of the molecule is CC(C)(C)NC(=O)C1CC1C(=O)N1CCCCCC1. The highest BCUT2D eigenvalue weighted by Gasteiger charge is 2.49. The molecule has 19 heavy (non-hydrogen) atoms. The highest BCUT2D eigenvalue weighted by atomic mass is 16.2. The number of hydrogen-bond donors (Lipinski definition) is 1. The summed E-state index contributed by atoms with van der Waals surface area (Å²) in [6, 6.07) is 0. The first-order chi connectivity index (χ1) is 8.88. The molecule has 2 unspecified atom stereocenters. The van der Waals surface area contributed by atoms with Crippen molar-refractivity contribution >= 4 is 11.8 Å². The van der Waals surface area contributed by atoms with E-state index in [0.29, 0.717) is 0 Å². The third-order valence-electron chi connectivity index (χ3n) is 3.86. The van der Waals surface area contributed by atoms with Crippen LogP contribution in [0.4, 0.5) is 0 Å². The zero-order valence-electron chi connectivity index (χ0n) is 12.4. The van der Waals surface area contributed by atoms with Crippen molar-refractivity contribution in [1.29, 1.82) is 0 Å². The molecule has 1 aliphatic heterocycles. The van der Waals surface area contributed by atoms with E-state index in [1.165, 1.54) is 12.8 Å². The first kappa shape index (κ1) is 14.4. The first-order valence-electron chi connectivity index (χ1n) is 7.49. The summed E-state index contributed by atoms with van der Waals surface area (Å²) in [7, 11) is 0. The lowest BCUT2D eigenvalue weighted by molar-refractivity contribution is -0.135. The van der Waals surface area contributed by atoms with E-state index in [9.17, 15) is 9.59 Å². The Hall–Kier alpha value is -1.06. The smallest absolute Gasteiger partial charge is 0.226 e. The maximum absolute atomic E-state index is 12.3. The van der Waals surface area contributed by atoms with Crippen molar-refractivity contribution in [3.8, 4) is 0 Å². The molecule has 2 fully saturated rings. The van der Waals surface area contributed by atoms with Crippen molar-refractivity contribution in [2.24, 2.45) is 11.8 Å². The molecule has 4 heteroatoms. The Morgan fingerprint density at radius 1 is 1.00 bits per heavy atom. The van der Waals surface area contributed by atoms with Crippen LogP contribution in [0.5, 0.6) is 0 Å². The number of hydrogen-bond acceptors (Lipinski definition) is 2. The summed E-state index contributed by atoms with van der Waals surface area (Å²) in [6.45, 7) is 7.67. The van der Waals surface area contributed by atoms with E-state index in [1.54, 1.807) is 0 Å². The lowest BCUT2D eigenvalue weighted by Crippen LogP contribution is -2.42. The van der Waals surface area contributed by atoms with Crippen LogP contribution in [0.3, 0.4) is 0 Å². The van der Waals surface area contributed by atoms with Gasteiger partial charge in [0.05, 0.1) is 11.8 Å². The molecule has 2 rings (SSSR count). The van der Waals surface area contributed by atoms with Gasteiger partial charge < -0.3 is 10.2 Å². The fraction of sp³-hybridized carbons (Fsp3) is 0.867. The summed E-state index contributed by atoms with van der Waals surface area (Å²) in [4.78, 5) is 26.3. The van der Waals surface area contributed by atoms with Crippen molar-refractivity contribution in [3.63, 3.8) is 0 Å². The molecule has 0 aromatic carbocycles. The van der Waals surface area contributed by atoms with Crippen LogP contribution >= 0.6 is 0 Å². The predicted octanol–water partition coefficient (Wildman–Crippen LogP) is 1.94. The van der Waals surface area contributed by atoms with Gasteiger partial charge >= 0.3 is 0 Å². The molecule has 108 valence electrons. The third kappa shape index (κ3) is 3.95. The van der Waals surface area contributed by atoms with E-state index in [4.69, 9.17) is 0 Å². The van der Waals surface area contributed by atoms with Crippen LogP contribution in [0.2, 0.25) is 0 Å². The molecular formula is C15H26N2O2. The van der Waals surface area contributed by atoms with Gasteiger partial charge in [0.2, 0.25) is 11.8 Å². The number of rotatable bonds is 2. The molecule has 1 saturated carbocycles. The highest BCUT2D eigenvalue weighted by molar-refractivity contribution is 5.92. The van der Waals surface area contributed by atoms with E-state index in [-0.39, 0.29) is 29.2 Å². The second kappa shape index (κ2) is 5.51. The predicted molar refractivity (Wildman–Crippen MR) is 74.5 cm³/mol. The van der Waals surface area contributed by atoms with Gasteiger partial charge in [-0.15, -0.1) is 0 Å². The molecule has 0 spiro atoms. The van der Waals surface area contributed by atoms with Crippen LogP contribution < -0.4 is 5.32 Å². The Bertz CT molecular complexity index is 352. The number of likely N-dealkylation sites (tertiary alicyclic amines) is 1. The summed E-state index contributed by atoms with van der Waals surface area (Å²) in [5, 5.41) is 2.97. The average Bonchev–Trinajstić information content (AvgIpc) is 3.11. The quantitative estimate of drug-likeness (QED) is 0.830. The van der Waals surface area contributed by atoms with E-state index >= 15 is 0 Å². The van der Waals surface area contributed by atoms with Gasteiger partial charge in [-0.25, -0.2) is 0 Å². The van der Waals surface area contributed by atoms with Crippen LogP contribution in [-0.4, -0.2) is 35.3 Å². The minimum atomic E-state index is -0.212. The second-order valence-corrected chi connectivity index (χ2v) is 6.93. The molecule has 0 aromatic heterocycles. The fourth-order valence-electron chi connectivity index (χ4n) is 2.75. The topological polar surface area (TPSA) is 49.4 Å². The molecule has 0 aromatic rings. The van der Waals surface area contributed by atoms with Crippen LogP contribution in [0.25, 0.3) is 0 Å². The van der Waals surface area contributed by atoms with E-state index < -0.39 is 0 Å². The van der Waals surface area contributed by atoms with Crippen LogP contribution in [0.1, 0.15) is 52.9 Å². The van der Waals surface area contributed by atoms with Crippen molar-refractivity contribution in [2.75, 3.05) is 13.1 Å². The van der Waals surface area contributed by atoms with Gasteiger partial charge in [-0.3, -0.25) is 9.59 Å². The van der Waals surface area contributed by atoms with Crippen molar-refractivity contribution in [3.05, 3.63) is 0 Å². The van der Waals surface area contributed by atoms with Crippen molar-refractivity contribution in [1.82, 2.24) is 10.2 Å². The molecule has 2 aliphatic rings. The Kier molecular flexibility index (Phi) is 4.16. The minimum absolute atomic E-state index is 0.0423. The molecule has 1 heterocycles. The summed E-state index contributed by atoms with van der Waals surface area (Å²) in [5.41, 5.74) is -0.212. The summed E-state index contributed by atoms with van der Waals surface area (Å²) >= 11 is 0. The minimum Gasteiger partial charge on any atom is -0.351 e. The van der Waals surface area contributed by atoms with Gasteiger partial charge in [0.15, 0.2) is 0 Å². The standard InChI is InChI=1S/C15H26N2O2/c1-15(2,3)16-13(18)11-10-12(11)14(19)17-8-6-4-5-7-9-17/h11-12H,4-10H2,1-3H3,(H,16,18). The molecule has 2 amide bonds. The molecule has 2 atom stereocenters. The highest BCUT2D eigenvalue weighted by Crippen LogP contribution is 2.40. The molecule has 1 aliphatic carbocycles. The largest absolute Gasteiger partial charge is 0.351 e. The fourth-order valence-corrected chi connectivity index (χ4v) is 2.75. The Balaban J connectivity index is 1.84. The number of nitrogens with one attached hydrogen (secondary N) is 1. The zero-order chi connectivity index (χ0) is 14.0. The Labute approximate surface area is 115 Å². The van der Waals surface area contributed by atoms with Gasteiger partial charge in [-0.05, 0) is 40.0 Å². The van der Waals surface area contributed by atoms with Gasteiger partial charge in [0, 0.05) is 18.6 Å². The van der Waals surface area contributed by atoms with Gasteiger partial charge in [-0.2, -0.15) is 0 Å². The average molecular weight is 266 g/mol. The Morgan fingerprint density at radius 2 is 1.58 bits per heavy atom. The van der Waals surface area contributed by atoms with Crippen LogP contribution in [0.15, 0.2) is 0 Å². The maximum Gasteiger partial charge on any atom is 0.226 e. The van der Waals surface area contributed by atoms with Crippen molar-refractivity contribution in [2.45, 2.75) is 58.4 Å². The number of carbonyl (C=O) groups is 2. The van der Waals surface area contributed by atoms with Crippen LogP contribution in [-0.2, 0) is 9.59 Å². The molecule has 0 radical (unpaired) electrons. The number of carbonyl (C=O) groups excluding carboxylic acids is 2. The van der Waals surface area contributed by atoms with Crippen LogP contribution in [0, 0.1) is 11.8 Å². The maximum atomic E-state index is 12.3. The van der Waals surface area contributed by atoms with E-state index in [2.05, 4.69) is 5.32 Å². The summed E-state index contributed by atoms with van der Waals surface area (Å²) in [5.74, 6) is 0.104. The van der Waals surface area contributed by atoms with Crippen molar-refractivity contribution < 1.29 is 9.59 Å². The first-order valence-corrected chi connectivity index (χ1v) is 7.49. The summed E-state index contributed by atoms with van der Waals surface area (Å²) in [6.07, 6.45) is 5.40. The molecule has 4 nitrogen and oxygen atoms in total. The zero-order valence-corrected chi connectivity index (χ0v) is 12.4. The molecule has 1 N–H and O–H groups in total. The number of nitrogens with zero attached hydrogens (tertiary/aromatic N) is 1. The van der Waals surface area contributed by atoms with E-state index in [0.717, 1.165) is 32.4 Å². The van der Waals surface area contributed by atoms with E-state index in [1.807, 2.05) is 25.7 Å². The molecule has 1 saturated heterocycles. The van der Waals surface area contributed by atoms with Gasteiger partial charge in [0.25, 0.3) is 0 Å². The summed E-state index contributed by atoms with van der Waals surface area (Å²) < 4.78 is 0. The van der Waals surface area contributed by atoms with Gasteiger partial charge in [-0.1, -0.05) is 12.8 Å². The molecule has 0 bridgehead atoms. The lowest BCUT2D eigenvalue weighted by atomic mass is 10.1. The lowest BCUT2D eigenvalue weighted by Gasteiger charge is -2.22. The monoisotopic (exact) mass is 266 g/mol. The second-order valence-electron chi connectivity index (χ2n) is 6.93. The Morgan fingerprint density at radius 3 is 2.11 bits per heavy atom. The molecular weight excluding hydrogens is 240 g/mol. The number of amides is 2. The normalized spacial score (nSPS) is 27.6.